The number of hydrogen-bond acceptors (Lipinski definition) is 4. The van der Waals surface area contributed by atoms with Crippen LogP contribution in [0.25, 0.3) is 0 Å². The number of para-hydroxylation sites is 2. The summed E-state index contributed by atoms with van der Waals surface area (Å²) >= 11 is 0. The summed E-state index contributed by atoms with van der Waals surface area (Å²) in [6.45, 7) is 0.0251. The molecule has 1 amide bonds. The second-order valence-corrected chi connectivity index (χ2v) is 5.86. The fraction of sp³-hybridized carbons (Fsp3) is 0.158. The smallest absolute Gasteiger partial charge is 0.253 e. The van der Waals surface area contributed by atoms with E-state index in [1.165, 1.54) is 11.0 Å². The standard InChI is InChI=1S/C19H15N5O/c20-11-18-21-13-23(22-18)12-19(25)24-16-7-3-1-5-14(16)9-10-15-6-2-4-8-17(15)24/h1-8,13H,9-10,12H2. The molecule has 0 fully saturated rings. The van der Waals surface area contributed by atoms with Gasteiger partial charge in [-0.05, 0) is 36.1 Å². The van der Waals surface area contributed by atoms with Gasteiger partial charge in [0.25, 0.3) is 11.7 Å². The fourth-order valence-electron chi connectivity index (χ4n) is 3.18. The summed E-state index contributed by atoms with van der Waals surface area (Å²) < 4.78 is 1.40. The zero-order valence-corrected chi connectivity index (χ0v) is 13.5. The van der Waals surface area contributed by atoms with Crippen LogP contribution in [0.2, 0.25) is 0 Å². The van der Waals surface area contributed by atoms with Crippen LogP contribution in [-0.2, 0) is 24.2 Å². The van der Waals surface area contributed by atoms with E-state index in [1.807, 2.05) is 42.5 Å². The molecule has 0 saturated carbocycles. The number of nitrogens with zero attached hydrogens (tertiary/aromatic N) is 5. The van der Waals surface area contributed by atoms with Gasteiger partial charge >= 0.3 is 0 Å². The number of carbonyl (C=O) groups excluding carboxylic acids is 1. The van der Waals surface area contributed by atoms with Crippen molar-refractivity contribution in [2.75, 3.05) is 4.90 Å². The first-order chi connectivity index (χ1) is 12.3. The lowest BCUT2D eigenvalue weighted by Gasteiger charge is -2.24. The summed E-state index contributed by atoms with van der Waals surface area (Å²) in [4.78, 5) is 18.7. The second kappa shape index (κ2) is 6.21. The minimum Gasteiger partial charge on any atom is -0.279 e. The fourth-order valence-corrected chi connectivity index (χ4v) is 3.18. The number of rotatable bonds is 2. The Morgan fingerprint density at radius 3 is 2.20 bits per heavy atom. The van der Waals surface area contributed by atoms with Crippen molar-refractivity contribution < 1.29 is 4.79 Å². The number of carbonyl (C=O) groups is 1. The third-order valence-corrected chi connectivity index (χ3v) is 4.31. The molecule has 4 rings (SSSR count). The van der Waals surface area contributed by atoms with Crippen LogP contribution in [0.3, 0.4) is 0 Å². The Labute approximate surface area is 145 Å². The third kappa shape index (κ3) is 2.76. The van der Waals surface area contributed by atoms with Crippen LogP contribution in [0.5, 0.6) is 0 Å². The van der Waals surface area contributed by atoms with Gasteiger partial charge in [-0.2, -0.15) is 5.26 Å². The number of fused-ring (bicyclic) bond motifs is 2. The maximum Gasteiger partial charge on any atom is 0.253 e. The van der Waals surface area contributed by atoms with Crippen LogP contribution in [-0.4, -0.2) is 20.7 Å². The molecule has 1 aliphatic rings. The van der Waals surface area contributed by atoms with Crippen molar-refractivity contribution in [3.63, 3.8) is 0 Å². The highest BCUT2D eigenvalue weighted by Crippen LogP contribution is 2.36. The predicted molar refractivity (Wildman–Crippen MR) is 92.2 cm³/mol. The molecule has 6 heteroatoms. The van der Waals surface area contributed by atoms with E-state index in [0.717, 1.165) is 35.3 Å². The molecule has 2 heterocycles. The molecule has 0 aliphatic carbocycles. The number of nitriles is 1. The number of benzene rings is 2. The number of amides is 1. The van der Waals surface area contributed by atoms with Gasteiger partial charge in [0, 0.05) is 0 Å². The predicted octanol–water partition coefficient (Wildman–Crippen LogP) is 2.61. The van der Waals surface area contributed by atoms with Gasteiger partial charge in [0.2, 0.25) is 0 Å². The van der Waals surface area contributed by atoms with Crippen molar-refractivity contribution in [2.24, 2.45) is 0 Å². The van der Waals surface area contributed by atoms with Crippen LogP contribution >= 0.6 is 0 Å². The van der Waals surface area contributed by atoms with E-state index in [1.54, 1.807) is 4.90 Å². The van der Waals surface area contributed by atoms with Crippen molar-refractivity contribution in [1.82, 2.24) is 14.8 Å². The molecule has 122 valence electrons. The number of aryl methyl sites for hydroxylation is 2. The number of hydrogen-bond donors (Lipinski definition) is 0. The molecule has 1 aliphatic heterocycles. The first-order valence-electron chi connectivity index (χ1n) is 8.04. The molecule has 0 radical (unpaired) electrons. The second-order valence-electron chi connectivity index (χ2n) is 5.86. The van der Waals surface area contributed by atoms with E-state index in [9.17, 15) is 4.79 Å². The summed E-state index contributed by atoms with van der Waals surface area (Å²) in [7, 11) is 0. The molecule has 0 N–H and O–H groups in total. The topological polar surface area (TPSA) is 74.8 Å². The average Bonchev–Trinajstić information content (AvgIpc) is 3.02. The van der Waals surface area contributed by atoms with Gasteiger partial charge in [-0.15, -0.1) is 5.10 Å². The first-order valence-corrected chi connectivity index (χ1v) is 8.04. The van der Waals surface area contributed by atoms with Gasteiger partial charge in [-0.25, -0.2) is 9.67 Å². The zero-order chi connectivity index (χ0) is 17.2. The summed E-state index contributed by atoms with van der Waals surface area (Å²) in [6, 6.07) is 17.8. The van der Waals surface area contributed by atoms with E-state index in [-0.39, 0.29) is 18.3 Å². The van der Waals surface area contributed by atoms with Crippen LogP contribution < -0.4 is 4.90 Å². The Hall–Kier alpha value is -3.46. The first kappa shape index (κ1) is 15.1. The molecule has 0 saturated heterocycles. The van der Waals surface area contributed by atoms with Gasteiger partial charge in [-0.1, -0.05) is 36.4 Å². The third-order valence-electron chi connectivity index (χ3n) is 4.31. The van der Waals surface area contributed by atoms with Gasteiger partial charge in [0.1, 0.15) is 18.9 Å². The molecule has 0 atom stereocenters. The molecule has 6 nitrogen and oxygen atoms in total. The molecular formula is C19H15N5O. The molecular weight excluding hydrogens is 314 g/mol. The summed E-state index contributed by atoms with van der Waals surface area (Å²) in [5.41, 5.74) is 4.09. The largest absolute Gasteiger partial charge is 0.279 e. The van der Waals surface area contributed by atoms with Gasteiger partial charge < -0.3 is 0 Å². The van der Waals surface area contributed by atoms with Gasteiger partial charge in [-0.3, -0.25) is 9.69 Å². The normalized spacial score (nSPS) is 12.7. The van der Waals surface area contributed by atoms with E-state index < -0.39 is 0 Å². The van der Waals surface area contributed by atoms with Crippen molar-refractivity contribution in [3.8, 4) is 6.07 Å². The van der Waals surface area contributed by atoms with E-state index >= 15 is 0 Å². The number of anilines is 2. The summed E-state index contributed by atoms with van der Waals surface area (Å²) in [5.74, 6) is -0.0549. The van der Waals surface area contributed by atoms with E-state index in [2.05, 4.69) is 22.2 Å². The lowest BCUT2D eigenvalue weighted by molar-refractivity contribution is -0.118. The monoisotopic (exact) mass is 329 g/mol. The lowest BCUT2D eigenvalue weighted by atomic mass is 10.0. The average molecular weight is 329 g/mol. The van der Waals surface area contributed by atoms with Crippen molar-refractivity contribution in [2.45, 2.75) is 19.4 Å². The minimum atomic E-state index is -0.115. The molecule has 1 aromatic heterocycles. The SMILES string of the molecule is N#Cc1ncn(CC(=O)N2c3ccccc3CCc3ccccc32)n1. The summed E-state index contributed by atoms with van der Waals surface area (Å²) in [6.07, 6.45) is 3.18. The summed E-state index contributed by atoms with van der Waals surface area (Å²) in [5, 5.41) is 12.8. The van der Waals surface area contributed by atoms with Crippen molar-refractivity contribution in [1.29, 1.82) is 5.26 Å². The van der Waals surface area contributed by atoms with E-state index in [4.69, 9.17) is 5.26 Å². The molecule has 3 aromatic rings. The van der Waals surface area contributed by atoms with Gasteiger partial charge in [0.05, 0.1) is 11.4 Å². The molecule has 0 spiro atoms. The molecule has 0 bridgehead atoms. The zero-order valence-electron chi connectivity index (χ0n) is 13.5. The van der Waals surface area contributed by atoms with Crippen molar-refractivity contribution in [3.05, 3.63) is 71.8 Å². The molecule has 2 aromatic carbocycles. The Balaban J connectivity index is 1.76. The Bertz CT molecular complexity index is 938. The highest BCUT2D eigenvalue weighted by molar-refractivity contribution is 6.02. The number of aromatic nitrogens is 3. The van der Waals surface area contributed by atoms with E-state index in [0.29, 0.717) is 0 Å². The van der Waals surface area contributed by atoms with Crippen molar-refractivity contribution >= 4 is 17.3 Å². The highest BCUT2D eigenvalue weighted by Gasteiger charge is 2.25. The van der Waals surface area contributed by atoms with Crippen LogP contribution in [0, 0.1) is 11.3 Å². The van der Waals surface area contributed by atoms with Gasteiger partial charge in [0.15, 0.2) is 0 Å². The lowest BCUT2D eigenvalue weighted by Crippen LogP contribution is -2.30. The quantitative estimate of drug-likeness (QED) is 0.724. The Kier molecular flexibility index (Phi) is 3.75. The van der Waals surface area contributed by atoms with Crippen LogP contribution in [0.1, 0.15) is 17.0 Å². The molecule has 0 unspecified atom stereocenters. The maximum absolute atomic E-state index is 13.1. The minimum absolute atomic E-state index is 0.0251. The van der Waals surface area contributed by atoms with Crippen LogP contribution in [0.4, 0.5) is 11.4 Å². The molecule has 25 heavy (non-hydrogen) atoms. The maximum atomic E-state index is 13.1. The Morgan fingerprint density at radius 2 is 1.64 bits per heavy atom. The highest BCUT2D eigenvalue weighted by atomic mass is 16.2. The van der Waals surface area contributed by atoms with Crippen LogP contribution in [0.15, 0.2) is 54.9 Å². The Morgan fingerprint density at radius 1 is 1.04 bits per heavy atom.